The van der Waals surface area contributed by atoms with Gasteiger partial charge in [-0.25, -0.2) is 0 Å². The van der Waals surface area contributed by atoms with Crippen LogP contribution in [0, 0.1) is 0 Å². The molecule has 0 fully saturated rings. The van der Waals surface area contributed by atoms with Crippen molar-refractivity contribution in [2.45, 2.75) is 13.3 Å². The van der Waals surface area contributed by atoms with Crippen molar-refractivity contribution < 1.29 is 9.53 Å². The van der Waals surface area contributed by atoms with Crippen molar-refractivity contribution in [1.29, 1.82) is 0 Å². The maximum Gasteiger partial charge on any atom is 0.233 e. The van der Waals surface area contributed by atoms with Crippen molar-refractivity contribution in [3.63, 3.8) is 0 Å². The third-order valence-electron chi connectivity index (χ3n) is 3.18. The third-order valence-corrected chi connectivity index (χ3v) is 3.18. The van der Waals surface area contributed by atoms with Gasteiger partial charge in [0.2, 0.25) is 11.8 Å². The van der Waals surface area contributed by atoms with Crippen LogP contribution in [0.5, 0.6) is 5.88 Å². The number of fused-ring (bicyclic) bond motifs is 1. The number of nitrogens with one attached hydrogen (secondary N) is 2. The first-order valence-electron chi connectivity index (χ1n) is 7.07. The molecular weight excluding hydrogens is 280 g/mol. The molecule has 22 heavy (non-hydrogen) atoms. The molecule has 1 aromatic carbocycles. The molecule has 0 aliphatic heterocycles. The molecule has 6 heteroatoms. The van der Waals surface area contributed by atoms with Crippen LogP contribution in [-0.2, 0) is 11.2 Å². The van der Waals surface area contributed by atoms with E-state index < -0.39 is 0 Å². The predicted octanol–water partition coefficient (Wildman–Crippen LogP) is 2.54. The van der Waals surface area contributed by atoms with Crippen LogP contribution in [0.2, 0.25) is 0 Å². The second-order valence-corrected chi connectivity index (χ2v) is 4.81. The van der Waals surface area contributed by atoms with E-state index in [1.165, 1.54) is 0 Å². The molecule has 2 heterocycles. The first-order chi connectivity index (χ1) is 10.7. The third kappa shape index (κ3) is 3.22. The molecule has 112 valence electrons. The molecule has 3 rings (SSSR count). The van der Waals surface area contributed by atoms with Crippen LogP contribution in [0.15, 0.2) is 42.6 Å². The van der Waals surface area contributed by atoms with E-state index in [0.29, 0.717) is 18.3 Å². The Labute approximate surface area is 127 Å². The number of aromatic amines is 1. The second kappa shape index (κ2) is 6.26. The standard InChI is InChI=1S/C16H16N4O2/c1-2-22-16-6-5-14(19-20-16)18-15(21)10-11-3-4-13-12(9-11)7-8-17-13/h3-9,17H,2,10H2,1H3,(H,18,19,21). The number of rotatable bonds is 5. The van der Waals surface area contributed by atoms with E-state index in [0.717, 1.165) is 16.5 Å². The lowest BCUT2D eigenvalue weighted by Gasteiger charge is -2.05. The fourth-order valence-corrected chi connectivity index (χ4v) is 2.20. The Morgan fingerprint density at radius 1 is 1.23 bits per heavy atom. The van der Waals surface area contributed by atoms with Gasteiger partial charge in [0.25, 0.3) is 0 Å². The molecule has 0 aliphatic rings. The largest absolute Gasteiger partial charge is 0.477 e. The summed E-state index contributed by atoms with van der Waals surface area (Å²) in [5.74, 6) is 0.725. The van der Waals surface area contributed by atoms with E-state index in [1.54, 1.807) is 12.1 Å². The van der Waals surface area contributed by atoms with E-state index in [4.69, 9.17) is 4.74 Å². The normalized spacial score (nSPS) is 10.6. The number of hydrogen-bond acceptors (Lipinski definition) is 4. The van der Waals surface area contributed by atoms with Gasteiger partial charge in [0, 0.05) is 17.8 Å². The lowest BCUT2D eigenvalue weighted by molar-refractivity contribution is -0.115. The summed E-state index contributed by atoms with van der Waals surface area (Å²) in [6, 6.07) is 11.2. The Balaban J connectivity index is 1.63. The van der Waals surface area contributed by atoms with Crippen LogP contribution >= 0.6 is 0 Å². The topological polar surface area (TPSA) is 79.9 Å². The molecule has 0 unspecified atom stereocenters. The Morgan fingerprint density at radius 2 is 2.14 bits per heavy atom. The van der Waals surface area contributed by atoms with Crippen LogP contribution in [0.25, 0.3) is 10.9 Å². The van der Waals surface area contributed by atoms with Crippen molar-refractivity contribution in [3.8, 4) is 5.88 Å². The summed E-state index contributed by atoms with van der Waals surface area (Å²) in [4.78, 5) is 15.2. The molecule has 0 saturated heterocycles. The molecule has 6 nitrogen and oxygen atoms in total. The van der Waals surface area contributed by atoms with Gasteiger partial charge in [0.05, 0.1) is 13.0 Å². The van der Waals surface area contributed by atoms with Crippen LogP contribution in [0.1, 0.15) is 12.5 Å². The van der Waals surface area contributed by atoms with Crippen molar-refractivity contribution in [1.82, 2.24) is 15.2 Å². The lowest BCUT2D eigenvalue weighted by Crippen LogP contribution is -2.15. The number of carbonyl (C=O) groups excluding carboxylic acids is 1. The van der Waals surface area contributed by atoms with Gasteiger partial charge in [-0.05, 0) is 42.1 Å². The molecule has 0 spiro atoms. The highest BCUT2D eigenvalue weighted by molar-refractivity contribution is 5.92. The Morgan fingerprint density at radius 3 is 2.91 bits per heavy atom. The van der Waals surface area contributed by atoms with Gasteiger partial charge in [-0.1, -0.05) is 6.07 Å². The monoisotopic (exact) mass is 296 g/mol. The Hall–Kier alpha value is -2.89. The maximum atomic E-state index is 12.0. The molecule has 0 radical (unpaired) electrons. The molecular formula is C16H16N4O2. The van der Waals surface area contributed by atoms with Gasteiger partial charge < -0.3 is 15.0 Å². The predicted molar refractivity (Wildman–Crippen MR) is 83.8 cm³/mol. The molecule has 0 saturated carbocycles. The summed E-state index contributed by atoms with van der Waals surface area (Å²) in [5.41, 5.74) is 2.00. The van der Waals surface area contributed by atoms with Crippen molar-refractivity contribution >= 4 is 22.6 Å². The summed E-state index contributed by atoms with van der Waals surface area (Å²) >= 11 is 0. The summed E-state index contributed by atoms with van der Waals surface area (Å²) < 4.78 is 5.21. The quantitative estimate of drug-likeness (QED) is 0.758. The average molecular weight is 296 g/mol. The van der Waals surface area contributed by atoms with Gasteiger partial charge in [-0.2, -0.15) is 0 Å². The summed E-state index contributed by atoms with van der Waals surface area (Å²) in [5, 5.41) is 11.6. The Bertz CT molecular complexity index is 780. The number of amides is 1. The Kier molecular flexibility index (Phi) is 4.00. The molecule has 3 aromatic rings. The molecule has 2 aromatic heterocycles. The fraction of sp³-hybridized carbons (Fsp3) is 0.188. The highest BCUT2D eigenvalue weighted by atomic mass is 16.5. The molecule has 0 bridgehead atoms. The number of hydrogen-bond donors (Lipinski definition) is 2. The smallest absolute Gasteiger partial charge is 0.233 e. The summed E-state index contributed by atoms with van der Waals surface area (Å²) in [6.07, 6.45) is 2.17. The van der Waals surface area contributed by atoms with Gasteiger partial charge in [-0.15, -0.1) is 10.2 Å². The fourth-order valence-electron chi connectivity index (χ4n) is 2.20. The summed E-state index contributed by atoms with van der Waals surface area (Å²) in [6.45, 7) is 2.40. The van der Waals surface area contributed by atoms with E-state index in [-0.39, 0.29) is 12.3 Å². The van der Waals surface area contributed by atoms with E-state index in [2.05, 4.69) is 20.5 Å². The number of carbonyl (C=O) groups is 1. The highest BCUT2D eigenvalue weighted by Crippen LogP contribution is 2.15. The van der Waals surface area contributed by atoms with Crippen molar-refractivity contribution in [3.05, 3.63) is 48.2 Å². The minimum atomic E-state index is -0.131. The number of anilines is 1. The van der Waals surface area contributed by atoms with Gasteiger partial charge >= 0.3 is 0 Å². The average Bonchev–Trinajstić information content (AvgIpc) is 2.97. The van der Waals surface area contributed by atoms with Crippen LogP contribution in [0.4, 0.5) is 5.82 Å². The van der Waals surface area contributed by atoms with Gasteiger partial charge in [0.15, 0.2) is 5.82 Å². The zero-order chi connectivity index (χ0) is 15.4. The van der Waals surface area contributed by atoms with Crippen molar-refractivity contribution in [2.24, 2.45) is 0 Å². The highest BCUT2D eigenvalue weighted by Gasteiger charge is 2.07. The van der Waals surface area contributed by atoms with Gasteiger partial charge in [0.1, 0.15) is 0 Å². The lowest BCUT2D eigenvalue weighted by atomic mass is 10.1. The SMILES string of the molecule is CCOc1ccc(NC(=O)Cc2ccc3[nH]ccc3c2)nn1. The number of H-pyrrole nitrogens is 1. The molecule has 1 amide bonds. The van der Waals surface area contributed by atoms with Crippen molar-refractivity contribution in [2.75, 3.05) is 11.9 Å². The zero-order valence-corrected chi connectivity index (χ0v) is 12.2. The van der Waals surface area contributed by atoms with Crippen LogP contribution in [-0.4, -0.2) is 27.7 Å². The minimum absolute atomic E-state index is 0.131. The summed E-state index contributed by atoms with van der Waals surface area (Å²) in [7, 11) is 0. The minimum Gasteiger partial charge on any atom is -0.477 e. The molecule has 2 N–H and O–H groups in total. The maximum absolute atomic E-state index is 12.0. The van der Waals surface area contributed by atoms with E-state index >= 15 is 0 Å². The van der Waals surface area contributed by atoms with Crippen LogP contribution in [0.3, 0.4) is 0 Å². The molecule has 0 aliphatic carbocycles. The van der Waals surface area contributed by atoms with Gasteiger partial charge in [-0.3, -0.25) is 4.79 Å². The first kappa shape index (κ1) is 14.1. The number of nitrogens with zero attached hydrogens (tertiary/aromatic N) is 2. The number of ether oxygens (including phenoxy) is 1. The van der Waals surface area contributed by atoms with Crippen LogP contribution < -0.4 is 10.1 Å². The van der Waals surface area contributed by atoms with E-state index in [9.17, 15) is 4.79 Å². The van der Waals surface area contributed by atoms with E-state index in [1.807, 2.05) is 37.4 Å². The molecule has 0 atom stereocenters. The number of benzene rings is 1. The second-order valence-electron chi connectivity index (χ2n) is 4.81. The number of aromatic nitrogens is 3. The zero-order valence-electron chi connectivity index (χ0n) is 12.2. The first-order valence-corrected chi connectivity index (χ1v) is 7.07.